The molecule has 1 nitrogen and oxygen atoms in total. The minimum absolute atomic E-state index is 0.550. The summed E-state index contributed by atoms with van der Waals surface area (Å²) < 4.78 is 0. The van der Waals surface area contributed by atoms with Crippen LogP contribution in [0.1, 0.15) is 79.6 Å². The number of hydrogen-bond acceptors (Lipinski definition) is 2. The molecular formula is C18H29NS. The Kier molecular flexibility index (Phi) is 5.17. The highest BCUT2D eigenvalue weighted by Gasteiger charge is 2.17. The molecule has 0 aromatic carbocycles. The van der Waals surface area contributed by atoms with E-state index in [1.807, 2.05) is 0 Å². The fraction of sp³-hybridized carbons (Fsp3) is 0.778. The summed E-state index contributed by atoms with van der Waals surface area (Å²) in [5, 5.41) is 3.74. The molecule has 1 unspecified atom stereocenters. The third-order valence-corrected chi connectivity index (χ3v) is 6.58. The predicted octanol–water partition coefficient (Wildman–Crippen LogP) is 5.25. The topological polar surface area (TPSA) is 12.0 Å². The molecule has 2 aliphatic carbocycles. The maximum absolute atomic E-state index is 3.74. The number of aryl methyl sites for hydroxylation is 2. The molecule has 0 bridgehead atoms. The van der Waals surface area contributed by atoms with E-state index in [0.717, 1.165) is 5.92 Å². The van der Waals surface area contributed by atoms with Gasteiger partial charge in [0.2, 0.25) is 0 Å². The first kappa shape index (κ1) is 14.6. The molecule has 0 amide bonds. The van der Waals surface area contributed by atoms with Crippen molar-refractivity contribution in [1.82, 2.24) is 5.32 Å². The normalized spacial score (nSPS) is 21.1. The largest absolute Gasteiger partial charge is 0.309 e. The van der Waals surface area contributed by atoms with E-state index in [4.69, 9.17) is 0 Å². The number of fused-ring (bicyclic) bond motifs is 1. The van der Waals surface area contributed by atoms with Crippen molar-refractivity contribution >= 4 is 11.3 Å². The summed E-state index contributed by atoms with van der Waals surface area (Å²) in [6.07, 6.45) is 14.2. The van der Waals surface area contributed by atoms with E-state index < -0.39 is 0 Å². The molecule has 1 aromatic heterocycles. The van der Waals surface area contributed by atoms with E-state index in [0.29, 0.717) is 6.04 Å². The van der Waals surface area contributed by atoms with Crippen molar-refractivity contribution in [2.75, 3.05) is 6.54 Å². The highest BCUT2D eigenvalue weighted by Crippen LogP contribution is 2.33. The average molecular weight is 292 g/mol. The lowest BCUT2D eigenvalue weighted by Crippen LogP contribution is -2.19. The Labute approximate surface area is 128 Å². The van der Waals surface area contributed by atoms with Gasteiger partial charge in [-0.25, -0.2) is 0 Å². The van der Waals surface area contributed by atoms with Crippen LogP contribution < -0.4 is 5.32 Å². The highest BCUT2D eigenvalue weighted by atomic mass is 32.1. The molecule has 2 heteroatoms. The van der Waals surface area contributed by atoms with Crippen molar-refractivity contribution in [1.29, 1.82) is 0 Å². The maximum atomic E-state index is 3.74. The van der Waals surface area contributed by atoms with Crippen molar-refractivity contribution in [3.8, 4) is 0 Å². The van der Waals surface area contributed by atoms with E-state index in [-0.39, 0.29) is 0 Å². The molecule has 1 N–H and O–H groups in total. The lowest BCUT2D eigenvalue weighted by atomic mass is 9.99. The summed E-state index contributed by atoms with van der Waals surface area (Å²) in [6.45, 7) is 3.53. The first-order valence-corrected chi connectivity index (χ1v) is 9.49. The second-order valence-corrected chi connectivity index (χ2v) is 7.94. The fourth-order valence-corrected chi connectivity index (χ4v) is 5.12. The van der Waals surface area contributed by atoms with Gasteiger partial charge in [-0.05, 0) is 69.5 Å². The molecule has 112 valence electrons. The minimum Gasteiger partial charge on any atom is -0.309 e. The molecule has 0 aliphatic heterocycles. The van der Waals surface area contributed by atoms with Crippen molar-refractivity contribution in [3.63, 3.8) is 0 Å². The lowest BCUT2D eigenvalue weighted by molar-refractivity contribution is 0.457. The van der Waals surface area contributed by atoms with Crippen LogP contribution in [0.4, 0.5) is 0 Å². The molecular weight excluding hydrogens is 262 g/mol. The fourth-order valence-electron chi connectivity index (χ4n) is 3.84. The van der Waals surface area contributed by atoms with Gasteiger partial charge in [0, 0.05) is 15.8 Å². The van der Waals surface area contributed by atoms with Crippen LogP contribution >= 0.6 is 11.3 Å². The van der Waals surface area contributed by atoms with Crippen LogP contribution in [-0.4, -0.2) is 6.54 Å². The number of hydrogen-bond donors (Lipinski definition) is 1. The van der Waals surface area contributed by atoms with E-state index in [1.54, 1.807) is 15.3 Å². The van der Waals surface area contributed by atoms with Gasteiger partial charge >= 0.3 is 0 Å². The molecule has 1 heterocycles. The van der Waals surface area contributed by atoms with Gasteiger partial charge in [0.25, 0.3) is 0 Å². The molecule has 0 saturated heterocycles. The SMILES string of the molecule is CC(NCCCC1CCCC1)c1cc2c(s1)CCCC2. The summed E-state index contributed by atoms with van der Waals surface area (Å²) in [4.78, 5) is 3.24. The average Bonchev–Trinajstić information content (AvgIpc) is 3.12. The Morgan fingerprint density at radius 2 is 2.00 bits per heavy atom. The molecule has 1 aromatic rings. The lowest BCUT2D eigenvalue weighted by Gasteiger charge is -2.13. The van der Waals surface area contributed by atoms with Gasteiger partial charge < -0.3 is 5.32 Å². The molecule has 1 saturated carbocycles. The summed E-state index contributed by atoms with van der Waals surface area (Å²) in [5.74, 6) is 1.04. The smallest absolute Gasteiger partial charge is 0.0386 e. The van der Waals surface area contributed by atoms with Crippen LogP contribution in [0.25, 0.3) is 0 Å². The van der Waals surface area contributed by atoms with Gasteiger partial charge in [0.15, 0.2) is 0 Å². The van der Waals surface area contributed by atoms with Crippen LogP contribution in [0.15, 0.2) is 6.07 Å². The molecule has 0 spiro atoms. The van der Waals surface area contributed by atoms with Gasteiger partial charge in [0.05, 0.1) is 0 Å². The van der Waals surface area contributed by atoms with Crippen molar-refractivity contribution in [2.24, 2.45) is 5.92 Å². The monoisotopic (exact) mass is 291 g/mol. The van der Waals surface area contributed by atoms with Gasteiger partial charge in [-0.1, -0.05) is 25.7 Å². The zero-order valence-corrected chi connectivity index (χ0v) is 13.7. The molecule has 1 atom stereocenters. The second-order valence-electron chi connectivity index (χ2n) is 6.77. The number of rotatable bonds is 6. The number of thiophene rings is 1. The van der Waals surface area contributed by atoms with Crippen molar-refractivity contribution in [3.05, 3.63) is 21.4 Å². The minimum atomic E-state index is 0.550. The van der Waals surface area contributed by atoms with Crippen LogP contribution in [0.3, 0.4) is 0 Å². The van der Waals surface area contributed by atoms with E-state index in [2.05, 4.69) is 29.6 Å². The Bertz CT molecular complexity index is 394. The Hall–Kier alpha value is -0.340. The third kappa shape index (κ3) is 3.65. The Morgan fingerprint density at radius 3 is 2.80 bits per heavy atom. The quantitative estimate of drug-likeness (QED) is 0.706. The van der Waals surface area contributed by atoms with Crippen molar-refractivity contribution < 1.29 is 0 Å². The zero-order chi connectivity index (χ0) is 13.8. The Morgan fingerprint density at radius 1 is 1.20 bits per heavy atom. The predicted molar refractivity (Wildman–Crippen MR) is 88.6 cm³/mol. The molecule has 20 heavy (non-hydrogen) atoms. The third-order valence-electron chi connectivity index (χ3n) is 5.16. The van der Waals surface area contributed by atoms with Crippen LogP contribution in [0, 0.1) is 5.92 Å². The first-order valence-electron chi connectivity index (χ1n) is 8.68. The summed E-state index contributed by atoms with van der Waals surface area (Å²) in [7, 11) is 0. The zero-order valence-electron chi connectivity index (χ0n) is 12.9. The van der Waals surface area contributed by atoms with Crippen LogP contribution in [0.2, 0.25) is 0 Å². The summed E-state index contributed by atoms with van der Waals surface area (Å²) in [6, 6.07) is 3.03. The standard InChI is InChI=1S/C18H29NS/c1-14(19-12-6-9-15-7-2-3-8-15)18-13-16-10-4-5-11-17(16)20-18/h13-15,19H,2-12H2,1H3. The van der Waals surface area contributed by atoms with E-state index in [1.165, 1.54) is 70.8 Å². The first-order chi connectivity index (χ1) is 9.83. The summed E-state index contributed by atoms with van der Waals surface area (Å²) in [5.41, 5.74) is 1.65. The van der Waals surface area contributed by atoms with Gasteiger partial charge in [-0.15, -0.1) is 11.3 Å². The molecule has 0 radical (unpaired) electrons. The summed E-state index contributed by atoms with van der Waals surface area (Å²) >= 11 is 2.06. The highest BCUT2D eigenvalue weighted by molar-refractivity contribution is 7.12. The van der Waals surface area contributed by atoms with Crippen molar-refractivity contribution in [2.45, 2.75) is 77.2 Å². The molecule has 2 aliphatic rings. The molecule has 1 fully saturated rings. The van der Waals surface area contributed by atoms with Crippen LogP contribution in [0.5, 0.6) is 0 Å². The van der Waals surface area contributed by atoms with Crippen LogP contribution in [-0.2, 0) is 12.8 Å². The van der Waals surface area contributed by atoms with Gasteiger partial charge in [-0.3, -0.25) is 0 Å². The van der Waals surface area contributed by atoms with E-state index >= 15 is 0 Å². The number of nitrogens with one attached hydrogen (secondary N) is 1. The van der Waals surface area contributed by atoms with E-state index in [9.17, 15) is 0 Å². The second kappa shape index (κ2) is 7.09. The maximum Gasteiger partial charge on any atom is 0.0386 e. The molecule has 3 rings (SSSR count). The Balaban J connectivity index is 1.41. The van der Waals surface area contributed by atoms with Gasteiger partial charge in [-0.2, -0.15) is 0 Å². The van der Waals surface area contributed by atoms with Gasteiger partial charge in [0.1, 0.15) is 0 Å².